The third kappa shape index (κ3) is 5.02. The van der Waals surface area contributed by atoms with Crippen LogP contribution >= 0.6 is 0 Å². The standard InChI is InChI=1S/C25H29FN6O5/c1-14(2)37-22(34)24(3)12-35-25(20(27)33,36-13-24)21-30-18(15-6-8-16(26)9-7-15)19(31-21)17-10-11-28-23(29-17)32(4)5/h6-11,14H,12-13H2,1-5H3,(H2,27,33)(H,30,31). The smallest absolute Gasteiger partial charge is 0.316 e. The maximum atomic E-state index is 13.7. The first-order chi connectivity index (χ1) is 17.4. The first-order valence-electron chi connectivity index (χ1n) is 11.6. The lowest BCUT2D eigenvalue weighted by atomic mass is 9.91. The monoisotopic (exact) mass is 512 g/mol. The minimum absolute atomic E-state index is 0.0429. The molecule has 1 amide bonds. The molecule has 0 saturated carbocycles. The van der Waals surface area contributed by atoms with Crippen molar-refractivity contribution in [1.29, 1.82) is 0 Å². The molecule has 0 spiro atoms. The maximum Gasteiger partial charge on any atom is 0.316 e. The first kappa shape index (κ1) is 26.2. The summed E-state index contributed by atoms with van der Waals surface area (Å²) < 4.78 is 30.7. The number of benzene rings is 1. The van der Waals surface area contributed by atoms with Crippen LogP contribution in [0.25, 0.3) is 22.6 Å². The summed E-state index contributed by atoms with van der Waals surface area (Å²) in [6, 6.07) is 7.34. The molecule has 0 unspecified atom stereocenters. The summed E-state index contributed by atoms with van der Waals surface area (Å²) in [6.07, 6.45) is 1.24. The van der Waals surface area contributed by atoms with Crippen LogP contribution in [-0.2, 0) is 29.6 Å². The third-order valence-electron chi connectivity index (χ3n) is 5.78. The van der Waals surface area contributed by atoms with Crippen LogP contribution in [0.4, 0.5) is 10.3 Å². The Hall–Kier alpha value is -3.90. The van der Waals surface area contributed by atoms with E-state index in [-0.39, 0.29) is 25.1 Å². The quantitative estimate of drug-likeness (QED) is 0.456. The van der Waals surface area contributed by atoms with Gasteiger partial charge in [-0.15, -0.1) is 0 Å². The molecule has 4 rings (SSSR count). The van der Waals surface area contributed by atoms with Gasteiger partial charge in [0.1, 0.15) is 11.2 Å². The Bertz CT molecular complexity index is 1300. The number of imidazole rings is 1. The van der Waals surface area contributed by atoms with Crippen molar-refractivity contribution in [3.05, 3.63) is 48.2 Å². The van der Waals surface area contributed by atoms with E-state index in [1.54, 1.807) is 64.2 Å². The van der Waals surface area contributed by atoms with Gasteiger partial charge in [0.25, 0.3) is 5.91 Å². The van der Waals surface area contributed by atoms with Crippen molar-refractivity contribution in [2.75, 3.05) is 32.2 Å². The van der Waals surface area contributed by atoms with Crippen LogP contribution in [0.15, 0.2) is 36.5 Å². The second-order valence-electron chi connectivity index (χ2n) is 9.53. The molecular formula is C25H29FN6O5. The number of aromatic nitrogens is 4. The van der Waals surface area contributed by atoms with Crippen LogP contribution in [0.2, 0.25) is 0 Å². The molecular weight excluding hydrogens is 483 g/mol. The molecule has 3 N–H and O–H groups in total. The Balaban J connectivity index is 1.79. The third-order valence-corrected chi connectivity index (χ3v) is 5.78. The number of carbonyl (C=O) groups is 2. The Kier molecular flexibility index (Phi) is 6.98. The number of hydrogen-bond acceptors (Lipinski definition) is 9. The van der Waals surface area contributed by atoms with E-state index < -0.39 is 28.9 Å². The summed E-state index contributed by atoms with van der Waals surface area (Å²) in [5.74, 6) is -3.62. The van der Waals surface area contributed by atoms with E-state index in [2.05, 4.69) is 19.9 Å². The van der Waals surface area contributed by atoms with Crippen molar-refractivity contribution in [3.63, 3.8) is 0 Å². The lowest BCUT2D eigenvalue weighted by Gasteiger charge is -2.40. The van der Waals surface area contributed by atoms with Crippen LogP contribution in [0.5, 0.6) is 0 Å². The highest BCUT2D eigenvalue weighted by molar-refractivity contribution is 5.85. The zero-order valence-electron chi connectivity index (χ0n) is 21.2. The molecule has 0 bridgehead atoms. The van der Waals surface area contributed by atoms with E-state index in [0.717, 1.165) is 0 Å². The largest absolute Gasteiger partial charge is 0.462 e. The molecule has 1 aliphatic heterocycles. The van der Waals surface area contributed by atoms with E-state index in [0.29, 0.717) is 28.6 Å². The van der Waals surface area contributed by atoms with Crippen LogP contribution in [0, 0.1) is 11.2 Å². The molecule has 3 heterocycles. The number of carbonyl (C=O) groups excluding carboxylic acids is 2. The molecule has 1 fully saturated rings. The molecule has 11 nitrogen and oxygen atoms in total. The van der Waals surface area contributed by atoms with Crippen LogP contribution in [0.1, 0.15) is 26.6 Å². The molecule has 1 aromatic carbocycles. The normalized spacial score (nSPS) is 21.6. The van der Waals surface area contributed by atoms with Gasteiger partial charge in [0.05, 0.1) is 36.4 Å². The van der Waals surface area contributed by atoms with E-state index in [1.165, 1.54) is 12.1 Å². The fourth-order valence-corrected chi connectivity index (χ4v) is 3.71. The second kappa shape index (κ2) is 9.87. The van der Waals surface area contributed by atoms with Gasteiger partial charge in [-0.1, -0.05) is 0 Å². The summed E-state index contributed by atoms with van der Waals surface area (Å²) in [4.78, 5) is 43.5. The van der Waals surface area contributed by atoms with E-state index >= 15 is 0 Å². The van der Waals surface area contributed by atoms with E-state index in [1.807, 2.05) is 0 Å². The van der Waals surface area contributed by atoms with Gasteiger partial charge in [-0.05, 0) is 51.1 Å². The van der Waals surface area contributed by atoms with Gasteiger partial charge in [-0.2, -0.15) is 0 Å². The van der Waals surface area contributed by atoms with Gasteiger partial charge in [0.15, 0.2) is 5.82 Å². The van der Waals surface area contributed by atoms with Crippen LogP contribution in [0.3, 0.4) is 0 Å². The van der Waals surface area contributed by atoms with E-state index in [9.17, 15) is 14.0 Å². The highest BCUT2D eigenvalue weighted by Gasteiger charge is 2.54. The van der Waals surface area contributed by atoms with Gasteiger partial charge in [0.2, 0.25) is 5.95 Å². The van der Waals surface area contributed by atoms with Crippen molar-refractivity contribution in [3.8, 4) is 22.6 Å². The number of esters is 1. The molecule has 0 aliphatic carbocycles. The second-order valence-corrected chi connectivity index (χ2v) is 9.53. The number of ether oxygens (including phenoxy) is 3. The molecule has 3 aromatic rings. The number of nitrogens with one attached hydrogen (secondary N) is 1. The maximum absolute atomic E-state index is 13.7. The van der Waals surface area contributed by atoms with Gasteiger partial charge < -0.3 is 29.8 Å². The first-order valence-corrected chi connectivity index (χ1v) is 11.6. The number of anilines is 1. The Morgan fingerprint density at radius 3 is 2.35 bits per heavy atom. The predicted molar refractivity (Wildman–Crippen MR) is 131 cm³/mol. The van der Waals surface area contributed by atoms with Crippen molar-refractivity contribution >= 4 is 17.8 Å². The molecule has 0 radical (unpaired) electrons. The number of hydrogen-bond donors (Lipinski definition) is 2. The number of H-pyrrole nitrogens is 1. The SMILES string of the molecule is CC(C)OC(=O)C1(C)COC(C(N)=O)(c2nc(-c3ccc(F)cc3)c(-c3ccnc(N(C)C)n3)[nH]2)OC1. The lowest BCUT2D eigenvalue weighted by molar-refractivity contribution is -0.294. The summed E-state index contributed by atoms with van der Waals surface area (Å²) in [5.41, 5.74) is 6.36. The fraction of sp³-hybridized carbons (Fsp3) is 0.400. The number of primary amides is 1. The number of nitrogens with two attached hydrogens (primary N) is 1. The summed E-state index contributed by atoms with van der Waals surface area (Å²) >= 11 is 0. The number of halogens is 1. The fourth-order valence-electron chi connectivity index (χ4n) is 3.71. The average molecular weight is 513 g/mol. The molecule has 1 aliphatic rings. The minimum atomic E-state index is -2.11. The number of amides is 1. The van der Waals surface area contributed by atoms with Crippen molar-refractivity contribution in [2.24, 2.45) is 11.1 Å². The van der Waals surface area contributed by atoms with Gasteiger partial charge >= 0.3 is 11.8 Å². The Labute approximate surface area is 213 Å². The Morgan fingerprint density at radius 1 is 1.14 bits per heavy atom. The molecule has 1 saturated heterocycles. The topological polar surface area (TPSA) is 146 Å². The predicted octanol–water partition coefficient (Wildman–Crippen LogP) is 2.38. The van der Waals surface area contributed by atoms with E-state index in [4.69, 9.17) is 19.9 Å². The van der Waals surface area contributed by atoms with Gasteiger partial charge in [0, 0.05) is 25.9 Å². The highest BCUT2D eigenvalue weighted by atomic mass is 19.1. The number of nitrogens with zero attached hydrogens (tertiary/aromatic N) is 4. The van der Waals surface area contributed by atoms with Crippen molar-refractivity contribution < 1.29 is 28.2 Å². The van der Waals surface area contributed by atoms with Crippen molar-refractivity contribution in [1.82, 2.24) is 19.9 Å². The van der Waals surface area contributed by atoms with Crippen molar-refractivity contribution in [2.45, 2.75) is 32.7 Å². The average Bonchev–Trinajstić information content (AvgIpc) is 3.30. The number of aromatic amines is 1. The molecule has 0 atom stereocenters. The van der Waals surface area contributed by atoms with Crippen LogP contribution < -0.4 is 10.6 Å². The lowest BCUT2D eigenvalue weighted by Crippen LogP contribution is -2.56. The Morgan fingerprint density at radius 2 is 1.78 bits per heavy atom. The zero-order valence-corrected chi connectivity index (χ0v) is 21.2. The van der Waals surface area contributed by atoms with Crippen LogP contribution in [-0.4, -0.2) is 65.2 Å². The summed E-state index contributed by atoms with van der Waals surface area (Å²) in [5, 5.41) is 0. The van der Waals surface area contributed by atoms with Gasteiger partial charge in [-0.25, -0.2) is 19.3 Å². The zero-order chi connectivity index (χ0) is 27.0. The summed E-state index contributed by atoms with van der Waals surface area (Å²) in [7, 11) is 3.59. The molecule has 196 valence electrons. The molecule has 37 heavy (non-hydrogen) atoms. The molecule has 12 heteroatoms. The van der Waals surface area contributed by atoms with Gasteiger partial charge in [-0.3, -0.25) is 9.59 Å². The minimum Gasteiger partial charge on any atom is -0.462 e. The highest BCUT2D eigenvalue weighted by Crippen LogP contribution is 2.39. The summed E-state index contributed by atoms with van der Waals surface area (Å²) in [6.45, 7) is 4.67. The number of rotatable bonds is 7. The molecule has 2 aromatic heterocycles.